The highest BCUT2D eigenvalue weighted by molar-refractivity contribution is 7.18. The summed E-state index contributed by atoms with van der Waals surface area (Å²) in [6.45, 7) is 0.857. The van der Waals surface area contributed by atoms with Gasteiger partial charge in [-0.15, -0.1) is 10.2 Å². The second kappa shape index (κ2) is 9.91. The predicted octanol–water partition coefficient (Wildman–Crippen LogP) is 3.22. The van der Waals surface area contributed by atoms with E-state index in [2.05, 4.69) is 15.2 Å². The molecule has 0 saturated heterocycles. The summed E-state index contributed by atoms with van der Waals surface area (Å²) < 4.78 is 10.3. The number of hydrogen-bond donors (Lipinski definition) is 0. The van der Waals surface area contributed by atoms with Crippen molar-refractivity contribution in [2.75, 3.05) is 32.3 Å². The molecular weight excluding hydrogens is 376 g/mol. The average molecular weight is 398 g/mol. The van der Waals surface area contributed by atoms with E-state index in [-0.39, 0.29) is 5.91 Å². The summed E-state index contributed by atoms with van der Waals surface area (Å²) in [6.07, 6.45) is 4.45. The van der Waals surface area contributed by atoms with Gasteiger partial charge < -0.3 is 9.47 Å². The van der Waals surface area contributed by atoms with Crippen LogP contribution in [0.15, 0.2) is 48.8 Å². The zero-order chi connectivity index (χ0) is 19.8. The summed E-state index contributed by atoms with van der Waals surface area (Å²) in [5.41, 5.74) is 1.96. The number of benzene rings is 1. The molecule has 0 aliphatic rings. The van der Waals surface area contributed by atoms with Crippen molar-refractivity contribution in [3.8, 4) is 16.3 Å². The van der Waals surface area contributed by atoms with Crippen molar-refractivity contribution in [2.45, 2.75) is 12.8 Å². The molecule has 3 aromatic rings. The van der Waals surface area contributed by atoms with E-state index in [0.717, 1.165) is 21.9 Å². The van der Waals surface area contributed by atoms with E-state index in [0.29, 0.717) is 31.1 Å². The lowest BCUT2D eigenvalue weighted by molar-refractivity contribution is -0.118. The maximum absolute atomic E-state index is 12.9. The fourth-order valence-corrected chi connectivity index (χ4v) is 3.50. The van der Waals surface area contributed by atoms with Crippen LogP contribution in [0.2, 0.25) is 0 Å². The van der Waals surface area contributed by atoms with Crippen LogP contribution in [0.3, 0.4) is 0 Å². The Hall–Kier alpha value is -2.84. The van der Waals surface area contributed by atoms with Gasteiger partial charge in [-0.05, 0) is 36.2 Å². The van der Waals surface area contributed by atoms with E-state index in [1.165, 1.54) is 11.3 Å². The van der Waals surface area contributed by atoms with Gasteiger partial charge in [-0.3, -0.25) is 14.7 Å². The van der Waals surface area contributed by atoms with E-state index in [1.54, 1.807) is 31.5 Å². The van der Waals surface area contributed by atoms with Crippen molar-refractivity contribution < 1.29 is 14.3 Å². The third-order valence-corrected chi connectivity index (χ3v) is 5.16. The van der Waals surface area contributed by atoms with Crippen molar-refractivity contribution in [1.29, 1.82) is 0 Å². The molecule has 146 valence electrons. The molecule has 1 amide bonds. The monoisotopic (exact) mass is 398 g/mol. The maximum Gasteiger partial charge on any atom is 0.229 e. The van der Waals surface area contributed by atoms with E-state index in [9.17, 15) is 4.79 Å². The number of amides is 1. The molecule has 3 rings (SSSR count). The van der Waals surface area contributed by atoms with E-state index in [1.807, 2.05) is 36.4 Å². The molecule has 28 heavy (non-hydrogen) atoms. The fraction of sp³-hybridized carbons (Fsp3) is 0.300. The molecule has 2 heterocycles. The molecule has 0 N–H and O–H groups in total. The van der Waals surface area contributed by atoms with Gasteiger partial charge in [0.15, 0.2) is 5.01 Å². The van der Waals surface area contributed by atoms with Crippen LogP contribution in [0.25, 0.3) is 10.6 Å². The molecule has 0 aliphatic heterocycles. The Morgan fingerprint density at radius 1 is 1.14 bits per heavy atom. The minimum Gasteiger partial charge on any atom is -0.497 e. The first-order valence-corrected chi connectivity index (χ1v) is 9.69. The summed E-state index contributed by atoms with van der Waals surface area (Å²) in [5, 5.41) is 9.73. The molecule has 0 fully saturated rings. The lowest BCUT2D eigenvalue weighted by atomic mass is 10.1. The van der Waals surface area contributed by atoms with Crippen molar-refractivity contribution in [1.82, 2.24) is 15.2 Å². The van der Waals surface area contributed by atoms with Gasteiger partial charge in [0.1, 0.15) is 5.75 Å². The van der Waals surface area contributed by atoms with Crippen molar-refractivity contribution >= 4 is 22.4 Å². The van der Waals surface area contributed by atoms with Gasteiger partial charge in [-0.2, -0.15) is 0 Å². The van der Waals surface area contributed by atoms with E-state index < -0.39 is 0 Å². The highest BCUT2D eigenvalue weighted by atomic mass is 32.1. The Labute approximate surface area is 168 Å². The van der Waals surface area contributed by atoms with E-state index in [4.69, 9.17) is 9.47 Å². The van der Waals surface area contributed by atoms with Crippen LogP contribution in [-0.2, 0) is 16.0 Å². The Morgan fingerprint density at radius 2 is 1.96 bits per heavy atom. The number of carbonyl (C=O) groups is 1. The number of aryl methyl sites for hydroxylation is 1. The number of anilines is 1. The number of aromatic nitrogens is 3. The van der Waals surface area contributed by atoms with Crippen LogP contribution >= 0.6 is 11.3 Å². The first-order valence-electron chi connectivity index (χ1n) is 8.87. The van der Waals surface area contributed by atoms with Gasteiger partial charge in [0.2, 0.25) is 11.0 Å². The van der Waals surface area contributed by atoms with Crippen molar-refractivity contribution in [3.63, 3.8) is 0 Å². The number of methoxy groups -OCH3 is 2. The number of nitrogens with zero attached hydrogens (tertiary/aromatic N) is 4. The smallest absolute Gasteiger partial charge is 0.229 e. The predicted molar refractivity (Wildman–Crippen MR) is 109 cm³/mol. The quantitative estimate of drug-likeness (QED) is 0.551. The molecular formula is C20H22N4O3S. The Kier molecular flexibility index (Phi) is 7.05. The molecule has 0 saturated carbocycles. The van der Waals surface area contributed by atoms with Gasteiger partial charge in [-0.25, -0.2) is 0 Å². The molecule has 8 heteroatoms. The van der Waals surface area contributed by atoms with Gasteiger partial charge in [-0.1, -0.05) is 23.5 Å². The van der Waals surface area contributed by atoms with Crippen LogP contribution < -0.4 is 9.64 Å². The largest absolute Gasteiger partial charge is 0.497 e. The molecule has 0 radical (unpaired) electrons. The first kappa shape index (κ1) is 19.9. The molecule has 2 aromatic heterocycles. The maximum atomic E-state index is 12.9. The molecule has 0 aliphatic carbocycles. The SMILES string of the molecule is COCCN(C(=O)CCc1ccc(OC)cc1)c1nnc(-c2cccnc2)s1. The highest BCUT2D eigenvalue weighted by Gasteiger charge is 2.20. The topological polar surface area (TPSA) is 77.4 Å². The van der Waals surface area contributed by atoms with Gasteiger partial charge in [0, 0.05) is 31.5 Å². The van der Waals surface area contributed by atoms with Crippen LogP contribution in [-0.4, -0.2) is 48.5 Å². The lowest BCUT2D eigenvalue weighted by Gasteiger charge is -2.19. The number of ether oxygens (including phenoxy) is 2. The summed E-state index contributed by atoms with van der Waals surface area (Å²) >= 11 is 1.37. The van der Waals surface area contributed by atoms with Gasteiger partial charge >= 0.3 is 0 Å². The van der Waals surface area contributed by atoms with Gasteiger partial charge in [0.25, 0.3) is 0 Å². The van der Waals surface area contributed by atoms with Crippen LogP contribution in [0.5, 0.6) is 5.75 Å². The number of rotatable bonds is 9. The summed E-state index contributed by atoms with van der Waals surface area (Å²) in [6, 6.07) is 11.5. The standard InChI is InChI=1S/C20H22N4O3S/c1-26-13-12-24(18(25)10-7-15-5-8-17(27-2)9-6-15)20-23-22-19(28-20)16-4-3-11-21-14-16/h3-6,8-9,11,14H,7,10,12-13H2,1-2H3. The second-order valence-electron chi connectivity index (χ2n) is 6.02. The third kappa shape index (κ3) is 5.11. The molecule has 7 nitrogen and oxygen atoms in total. The van der Waals surface area contributed by atoms with Crippen molar-refractivity contribution in [3.05, 3.63) is 54.4 Å². The average Bonchev–Trinajstić information content (AvgIpc) is 3.23. The Bertz CT molecular complexity index is 884. The fourth-order valence-electron chi connectivity index (χ4n) is 2.62. The number of hydrogen-bond acceptors (Lipinski definition) is 7. The normalized spacial score (nSPS) is 10.6. The third-order valence-electron chi connectivity index (χ3n) is 4.16. The number of pyridine rings is 1. The van der Waals surface area contributed by atoms with Crippen LogP contribution in [0.4, 0.5) is 5.13 Å². The summed E-state index contributed by atoms with van der Waals surface area (Å²) in [4.78, 5) is 18.6. The summed E-state index contributed by atoms with van der Waals surface area (Å²) in [5.74, 6) is 0.787. The second-order valence-corrected chi connectivity index (χ2v) is 6.97. The highest BCUT2D eigenvalue weighted by Crippen LogP contribution is 2.28. The summed E-state index contributed by atoms with van der Waals surface area (Å²) in [7, 11) is 3.25. The number of carbonyl (C=O) groups excluding carboxylic acids is 1. The lowest BCUT2D eigenvalue weighted by Crippen LogP contribution is -2.34. The van der Waals surface area contributed by atoms with Crippen molar-refractivity contribution in [2.24, 2.45) is 0 Å². The van der Waals surface area contributed by atoms with Crippen LogP contribution in [0.1, 0.15) is 12.0 Å². The van der Waals surface area contributed by atoms with Gasteiger partial charge in [0.05, 0.1) is 20.3 Å². The first-order chi connectivity index (χ1) is 13.7. The molecule has 1 aromatic carbocycles. The Morgan fingerprint density at radius 3 is 2.64 bits per heavy atom. The minimum absolute atomic E-state index is 0.0123. The van der Waals surface area contributed by atoms with Crippen LogP contribution in [0, 0.1) is 0 Å². The zero-order valence-corrected chi connectivity index (χ0v) is 16.7. The molecule has 0 bridgehead atoms. The molecule has 0 spiro atoms. The minimum atomic E-state index is -0.0123. The zero-order valence-electron chi connectivity index (χ0n) is 15.9. The van der Waals surface area contributed by atoms with E-state index >= 15 is 0 Å². The molecule has 0 unspecified atom stereocenters. The Balaban J connectivity index is 1.70. The molecule has 0 atom stereocenters.